The molecular weight excluding hydrogens is 496 g/mol. The first-order valence-corrected chi connectivity index (χ1v) is 11.7. The second kappa shape index (κ2) is 11.0. The summed E-state index contributed by atoms with van der Waals surface area (Å²) in [6.07, 6.45) is 8.54. The molecular formula is C24H22N8O6. The highest BCUT2D eigenvalue weighted by Crippen LogP contribution is 2.21. The summed E-state index contributed by atoms with van der Waals surface area (Å²) in [5.41, 5.74) is 2.82. The zero-order chi connectivity index (χ0) is 26.5. The zero-order valence-corrected chi connectivity index (χ0v) is 20.0. The quantitative estimate of drug-likeness (QED) is 0.239. The molecule has 0 aliphatic carbocycles. The molecule has 0 radical (unpaired) electrons. The average Bonchev–Trinajstić information content (AvgIpc) is 3.66. The molecule has 1 N–H and O–H groups in total. The summed E-state index contributed by atoms with van der Waals surface area (Å²) in [5, 5.41) is 11.0. The van der Waals surface area contributed by atoms with E-state index >= 15 is 0 Å². The number of hydroxylamine groups is 2. The Morgan fingerprint density at radius 2 is 1.82 bits per heavy atom. The number of rotatable bonds is 10. The molecule has 3 amide bonds. The number of carbonyl (C=O) groups excluding carboxylic acids is 4. The van der Waals surface area contributed by atoms with Crippen LogP contribution >= 0.6 is 0 Å². The maximum Gasteiger partial charge on any atom is 0.335 e. The first-order chi connectivity index (χ1) is 18.5. The minimum Gasteiger partial charge on any atom is -0.380 e. The summed E-state index contributed by atoms with van der Waals surface area (Å²) in [5.74, 6) is -1.47. The van der Waals surface area contributed by atoms with E-state index in [-0.39, 0.29) is 44.8 Å². The van der Waals surface area contributed by atoms with Crippen LogP contribution in [0.5, 0.6) is 0 Å². The molecule has 194 valence electrons. The number of amides is 3. The van der Waals surface area contributed by atoms with Gasteiger partial charge in [-0.05, 0) is 24.3 Å². The van der Waals surface area contributed by atoms with Crippen LogP contribution in [0.2, 0.25) is 0 Å². The normalized spacial score (nSPS) is 13.3. The molecule has 0 unspecified atom stereocenters. The average molecular weight is 518 g/mol. The Morgan fingerprint density at radius 1 is 1.00 bits per heavy atom. The number of nitrogens with one attached hydrogen (secondary N) is 1. The maximum absolute atomic E-state index is 12.3. The number of hydrogen-bond acceptors (Lipinski definition) is 10. The Kier molecular flexibility index (Phi) is 7.13. The van der Waals surface area contributed by atoms with Crippen LogP contribution in [-0.4, -0.2) is 71.3 Å². The van der Waals surface area contributed by atoms with Crippen LogP contribution in [0.3, 0.4) is 0 Å². The number of fused-ring (bicyclic) bond motifs is 1. The van der Waals surface area contributed by atoms with Gasteiger partial charge in [0.1, 0.15) is 5.65 Å². The maximum atomic E-state index is 12.3. The SMILES string of the molecule is O=C(CCOCCC(=O)ON1C(=O)CCC1=O)Nc1ccc2nc(-c3ccc(-n4ccnn4)nc3)cn2c1. The minimum atomic E-state index is -0.756. The van der Waals surface area contributed by atoms with Crippen molar-refractivity contribution in [2.24, 2.45) is 0 Å². The van der Waals surface area contributed by atoms with E-state index in [4.69, 9.17) is 9.57 Å². The molecule has 38 heavy (non-hydrogen) atoms. The molecule has 1 fully saturated rings. The molecule has 0 bridgehead atoms. The number of pyridine rings is 2. The highest BCUT2D eigenvalue weighted by atomic mass is 16.7. The molecule has 4 aromatic rings. The van der Waals surface area contributed by atoms with Crippen molar-refractivity contribution in [3.05, 3.63) is 55.2 Å². The standard InChI is InChI=1S/C24H22N8O6/c33-21(7-11-37-12-8-24(36)38-32-22(34)5-6-23(32)35)27-17-2-4-20-28-18(15-30(20)14-17)16-1-3-19(25-13-16)31-10-9-26-29-31/h1-4,9-10,13-15H,5-8,11-12H2,(H,27,33). The third-order valence-electron chi connectivity index (χ3n) is 5.56. The number of ether oxygens (including phenoxy) is 1. The fourth-order valence-electron chi connectivity index (χ4n) is 3.66. The number of imide groups is 1. The van der Waals surface area contributed by atoms with E-state index in [1.165, 1.54) is 0 Å². The fraction of sp³-hybridized carbons (Fsp3) is 0.250. The van der Waals surface area contributed by atoms with Gasteiger partial charge in [-0.3, -0.25) is 14.4 Å². The molecule has 0 atom stereocenters. The van der Waals surface area contributed by atoms with Gasteiger partial charge in [-0.1, -0.05) is 5.21 Å². The molecule has 0 aromatic carbocycles. The predicted molar refractivity (Wildman–Crippen MR) is 129 cm³/mol. The molecule has 1 saturated heterocycles. The number of aromatic nitrogens is 6. The lowest BCUT2D eigenvalue weighted by atomic mass is 10.2. The monoisotopic (exact) mass is 518 g/mol. The second-order valence-electron chi connectivity index (χ2n) is 8.27. The van der Waals surface area contributed by atoms with Gasteiger partial charge in [-0.15, -0.1) is 10.2 Å². The van der Waals surface area contributed by atoms with E-state index in [1.807, 2.05) is 18.3 Å². The van der Waals surface area contributed by atoms with Crippen LogP contribution in [0.4, 0.5) is 5.69 Å². The number of nitrogens with zero attached hydrogens (tertiary/aromatic N) is 7. The number of imidazole rings is 1. The number of hydrogen-bond donors (Lipinski definition) is 1. The van der Waals surface area contributed by atoms with Crippen LogP contribution in [0.25, 0.3) is 22.7 Å². The lowest BCUT2D eigenvalue weighted by Crippen LogP contribution is -2.32. The van der Waals surface area contributed by atoms with Gasteiger partial charge < -0.3 is 19.3 Å². The second-order valence-corrected chi connectivity index (χ2v) is 8.27. The van der Waals surface area contributed by atoms with Crippen molar-refractivity contribution in [2.45, 2.75) is 25.7 Å². The first-order valence-electron chi connectivity index (χ1n) is 11.7. The van der Waals surface area contributed by atoms with E-state index < -0.39 is 17.8 Å². The third kappa shape index (κ3) is 5.70. The van der Waals surface area contributed by atoms with Crippen molar-refractivity contribution in [3.63, 3.8) is 0 Å². The molecule has 14 nitrogen and oxygen atoms in total. The Labute approximate surface area is 215 Å². The van der Waals surface area contributed by atoms with Crippen LogP contribution < -0.4 is 5.32 Å². The lowest BCUT2D eigenvalue weighted by molar-refractivity contribution is -0.198. The van der Waals surface area contributed by atoms with Gasteiger partial charge in [-0.2, -0.15) is 0 Å². The summed E-state index contributed by atoms with van der Waals surface area (Å²) in [7, 11) is 0. The van der Waals surface area contributed by atoms with Crippen LogP contribution in [0, 0.1) is 0 Å². The largest absolute Gasteiger partial charge is 0.380 e. The fourth-order valence-corrected chi connectivity index (χ4v) is 3.66. The summed E-state index contributed by atoms with van der Waals surface area (Å²) < 4.78 is 8.66. The predicted octanol–water partition coefficient (Wildman–Crippen LogP) is 1.32. The zero-order valence-electron chi connectivity index (χ0n) is 20.0. The van der Waals surface area contributed by atoms with Crippen LogP contribution in [0.15, 0.2) is 55.2 Å². The van der Waals surface area contributed by atoms with Gasteiger partial charge >= 0.3 is 5.97 Å². The van der Waals surface area contributed by atoms with E-state index in [2.05, 4.69) is 25.6 Å². The van der Waals surface area contributed by atoms with E-state index in [1.54, 1.807) is 46.0 Å². The van der Waals surface area contributed by atoms with Gasteiger partial charge in [0.15, 0.2) is 5.82 Å². The molecule has 1 aliphatic rings. The van der Waals surface area contributed by atoms with Gasteiger partial charge in [0.2, 0.25) is 5.91 Å². The van der Waals surface area contributed by atoms with Crippen LogP contribution in [-0.2, 0) is 28.8 Å². The van der Waals surface area contributed by atoms with Crippen LogP contribution in [0.1, 0.15) is 25.7 Å². The Bertz CT molecular complexity index is 1470. The smallest absolute Gasteiger partial charge is 0.335 e. The lowest BCUT2D eigenvalue weighted by Gasteiger charge is -2.12. The number of carbonyl (C=O) groups is 4. The van der Waals surface area contributed by atoms with E-state index in [9.17, 15) is 19.2 Å². The van der Waals surface area contributed by atoms with Gasteiger partial charge in [-0.25, -0.2) is 19.4 Å². The van der Waals surface area contributed by atoms with E-state index in [0.29, 0.717) is 22.2 Å². The van der Waals surface area contributed by atoms with Crippen molar-refractivity contribution in [1.29, 1.82) is 0 Å². The summed E-state index contributed by atoms with van der Waals surface area (Å²) >= 11 is 0. The highest BCUT2D eigenvalue weighted by Gasteiger charge is 2.32. The number of anilines is 1. The Hall–Kier alpha value is -4.98. The summed E-state index contributed by atoms with van der Waals surface area (Å²) in [6.45, 7) is 0.0660. The van der Waals surface area contributed by atoms with Crippen molar-refractivity contribution in [3.8, 4) is 17.1 Å². The van der Waals surface area contributed by atoms with Gasteiger partial charge in [0.05, 0.1) is 49.8 Å². The third-order valence-corrected chi connectivity index (χ3v) is 5.56. The summed E-state index contributed by atoms with van der Waals surface area (Å²) in [6, 6.07) is 7.24. The topological polar surface area (TPSA) is 163 Å². The molecule has 1 aliphatic heterocycles. The molecule has 0 spiro atoms. The Morgan fingerprint density at radius 3 is 2.55 bits per heavy atom. The highest BCUT2D eigenvalue weighted by molar-refractivity contribution is 6.01. The van der Waals surface area contributed by atoms with Crippen molar-refractivity contribution >= 4 is 35.0 Å². The first kappa shape index (κ1) is 24.7. The Balaban J connectivity index is 1.08. The van der Waals surface area contributed by atoms with Crippen molar-refractivity contribution < 1.29 is 28.8 Å². The summed E-state index contributed by atoms with van der Waals surface area (Å²) in [4.78, 5) is 60.7. The van der Waals surface area contributed by atoms with Crippen molar-refractivity contribution in [1.82, 2.24) is 34.4 Å². The molecule has 5 heterocycles. The van der Waals surface area contributed by atoms with Crippen molar-refractivity contribution in [2.75, 3.05) is 18.5 Å². The van der Waals surface area contributed by atoms with Gasteiger partial charge in [0.25, 0.3) is 11.8 Å². The van der Waals surface area contributed by atoms with E-state index in [0.717, 1.165) is 11.3 Å². The molecule has 5 rings (SSSR count). The molecule has 4 aromatic heterocycles. The molecule has 14 heteroatoms. The molecule has 0 saturated carbocycles. The minimum absolute atomic E-state index is 0.0131. The van der Waals surface area contributed by atoms with Gasteiger partial charge in [0, 0.05) is 37.0 Å².